The molecule has 2 unspecified atom stereocenters. The Labute approximate surface area is 157 Å². The molecule has 0 radical (unpaired) electrons. The number of carbonyl (C=O) groups excluding carboxylic acids is 1. The fourth-order valence-corrected chi connectivity index (χ4v) is 4.05. The highest BCUT2D eigenvalue weighted by atomic mass is 16.3. The van der Waals surface area contributed by atoms with E-state index in [9.17, 15) is 4.79 Å². The third-order valence-electron chi connectivity index (χ3n) is 5.65. The number of likely N-dealkylation sites (tertiary alicyclic amines) is 1. The van der Waals surface area contributed by atoms with E-state index in [-0.39, 0.29) is 11.9 Å². The molecule has 3 aromatic rings. The highest BCUT2D eigenvalue weighted by Crippen LogP contribution is 2.29. The molecule has 27 heavy (non-hydrogen) atoms. The first kappa shape index (κ1) is 16.5. The van der Waals surface area contributed by atoms with Gasteiger partial charge in [-0.25, -0.2) is 4.68 Å². The Hall–Kier alpha value is -2.67. The van der Waals surface area contributed by atoms with Crippen LogP contribution in [0.1, 0.15) is 30.4 Å². The number of para-hydroxylation sites is 1. The van der Waals surface area contributed by atoms with E-state index in [1.807, 2.05) is 46.8 Å². The minimum Gasteiger partial charge on any atom is -0.465 e. The minimum atomic E-state index is 0.0131. The van der Waals surface area contributed by atoms with Crippen LogP contribution in [0.3, 0.4) is 0 Å². The Bertz CT molecular complexity index is 970. The molecule has 0 N–H and O–H groups in total. The lowest BCUT2D eigenvalue weighted by molar-refractivity contribution is -0.132. The number of aromatic nitrogens is 3. The van der Waals surface area contributed by atoms with Gasteiger partial charge in [-0.15, -0.1) is 5.10 Å². The summed E-state index contributed by atoms with van der Waals surface area (Å²) in [6.45, 7) is 5.04. The van der Waals surface area contributed by atoms with Gasteiger partial charge in [0.2, 0.25) is 5.91 Å². The van der Waals surface area contributed by atoms with Crippen molar-refractivity contribution < 1.29 is 9.21 Å². The Morgan fingerprint density at radius 2 is 2.00 bits per heavy atom. The maximum atomic E-state index is 12.8. The molecule has 4 heterocycles. The Morgan fingerprint density at radius 1 is 1.19 bits per heavy atom. The van der Waals surface area contributed by atoms with E-state index in [1.165, 1.54) is 0 Å². The van der Waals surface area contributed by atoms with Gasteiger partial charge in [-0.1, -0.05) is 17.3 Å². The second-order valence-corrected chi connectivity index (χ2v) is 7.54. The zero-order valence-electron chi connectivity index (χ0n) is 15.4. The highest BCUT2D eigenvalue weighted by Gasteiger charge is 2.43. The average Bonchev–Trinajstić information content (AvgIpc) is 3.12. The zero-order chi connectivity index (χ0) is 18.4. The second kappa shape index (κ2) is 6.49. The van der Waals surface area contributed by atoms with Gasteiger partial charge in [-0.3, -0.25) is 9.69 Å². The fourth-order valence-electron chi connectivity index (χ4n) is 4.05. The molecule has 0 bridgehead atoms. The number of hydrogen-bond donors (Lipinski definition) is 0. The number of hydrogen-bond acceptors (Lipinski definition) is 5. The van der Waals surface area contributed by atoms with Crippen molar-refractivity contribution >= 4 is 16.9 Å². The van der Waals surface area contributed by atoms with Crippen LogP contribution in [0.2, 0.25) is 0 Å². The second-order valence-electron chi connectivity index (χ2n) is 7.54. The maximum absolute atomic E-state index is 12.8. The Balaban J connectivity index is 1.18. The van der Waals surface area contributed by atoms with Crippen LogP contribution in [-0.2, 0) is 11.3 Å². The first-order chi connectivity index (χ1) is 13.2. The third kappa shape index (κ3) is 3.12. The minimum absolute atomic E-state index is 0.0131. The molecule has 2 aromatic heterocycles. The van der Waals surface area contributed by atoms with Crippen LogP contribution in [0.4, 0.5) is 0 Å². The van der Waals surface area contributed by atoms with E-state index < -0.39 is 0 Å². The molecule has 140 valence electrons. The molecule has 2 aliphatic heterocycles. The van der Waals surface area contributed by atoms with Crippen LogP contribution in [-0.4, -0.2) is 56.4 Å². The largest absolute Gasteiger partial charge is 0.465 e. The van der Waals surface area contributed by atoms with E-state index in [2.05, 4.69) is 21.3 Å². The van der Waals surface area contributed by atoms with Gasteiger partial charge < -0.3 is 9.32 Å². The van der Waals surface area contributed by atoms with Gasteiger partial charge >= 0.3 is 0 Å². The number of nitrogens with zero attached hydrogens (tertiary/aromatic N) is 5. The van der Waals surface area contributed by atoms with Crippen molar-refractivity contribution in [1.82, 2.24) is 24.8 Å². The van der Waals surface area contributed by atoms with E-state index in [0.717, 1.165) is 55.0 Å². The van der Waals surface area contributed by atoms with Crippen LogP contribution in [0.15, 0.2) is 40.8 Å². The summed E-state index contributed by atoms with van der Waals surface area (Å²) in [5, 5.41) is 8.60. The smallest absolute Gasteiger partial charge is 0.241 e. The fraction of sp³-hybridized carbons (Fsp3) is 0.450. The van der Waals surface area contributed by atoms with Crippen molar-refractivity contribution in [2.75, 3.05) is 19.6 Å². The summed E-state index contributed by atoms with van der Waals surface area (Å²) in [5.41, 5.74) is 2.00. The molecular weight excluding hydrogens is 342 g/mol. The van der Waals surface area contributed by atoms with Gasteiger partial charge in [0, 0.05) is 19.6 Å². The number of benzene rings is 1. The van der Waals surface area contributed by atoms with Gasteiger partial charge in [0.05, 0.1) is 18.1 Å². The van der Waals surface area contributed by atoms with E-state index in [1.54, 1.807) is 0 Å². The van der Waals surface area contributed by atoms with Gasteiger partial charge in [0.1, 0.15) is 23.1 Å². The predicted molar refractivity (Wildman–Crippen MR) is 100 cm³/mol. The van der Waals surface area contributed by atoms with Crippen molar-refractivity contribution in [2.45, 2.75) is 38.4 Å². The highest BCUT2D eigenvalue weighted by molar-refractivity contribution is 5.84. The monoisotopic (exact) mass is 365 g/mol. The molecule has 2 saturated heterocycles. The standard InChI is InChI=1S/C20H23N5O2/c1-14-6-7-16(27-14)12-24-13-19(24)20(26)23-10-8-15(9-11-23)25-18-5-3-2-4-17(18)21-22-25/h2-7,15,19H,8-13H2,1H3. The first-order valence-corrected chi connectivity index (χ1v) is 9.57. The molecule has 7 heteroatoms. The molecule has 5 rings (SSSR count). The number of rotatable bonds is 4. The lowest BCUT2D eigenvalue weighted by atomic mass is 10.0. The van der Waals surface area contributed by atoms with E-state index >= 15 is 0 Å². The molecule has 1 amide bonds. The number of aryl methyl sites for hydroxylation is 1. The van der Waals surface area contributed by atoms with Crippen molar-refractivity contribution in [3.63, 3.8) is 0 Å². The lowest BCUT2D eigenvalue weighted by Gasteiger charge is -2.32. The van der Waals surface area contributed by atoms with E-state index in [0.29, 0.717) is 12.6 Å². The molecule has 2 fully saturated rings. The van der Waals surface area contributed by atoms with Gasteiger partial charge in [0.25, 0.3) is 0 Å². The van der Waals surface area contributed by atoms with Gasteiger partial charge in [0.15, 0.2) is 0 Å². The van der Waals surface area contributed by atoms with E-state index in [4.69, 9.17) is 4.42 Å². The average molecular weight is 365 g/mol. The molecule has 1 aromatic carbocycles. The Morgan fingerprint density at radius 3 is 2.78 bits per heavy atom. The lowest BCUT2D eigenvalue weighted by Crippen LogP contribution is -2.42. The SMILES string of the molecule is Cc1ccc(CN2CC2C(=O)N2CCC(n3nnc4ccccc43)CC2)o1. The molecule has 7 nitrogen and oxygen atoms in total. The van der Waals surface area contributed by atoms with Crippen molar-refractivity contribution in [1.29, 1.82) is 0 Å². The van der Waals surface area contributed by atoms with Crippen molar-refractivity contribution in [2.24, 2.45) is 0 Å². The van der Waals surface area contributed by atoms with Gasteiger partial charge in [-0.2, -0.15) is 0 Å². The first-order valence-electron chi connectivity index (χ1n) is 9.57. The van der Waals surface area contributed by atoms with Crippen LogP contribution in [0.5, 0.6) is 0 Å². The zero-order valence-corrected chi connectivity index (χ0v) is 15.4. The molecule has 0 spiro atoms. The van der Waals surface area contributed by atoms with Crippen LogP contribution in [0, 0.1) is 6.92 Å². The molecule has 0 saturated carbocycles. The Kier molecular flexibility index (Phi) is 3.97. The number of furan rings is 1. The molecule has 0 aliphatic carbocycles. The third-order valence-corrected chi connectivity index (χ3v) is 5.65. The summed E-state index contributed by atoms with van der Waals surface area (Å²) < 4.78 is 7.64. The summed E-state index contributed by atoms with van der Waals surface area (Å²) >= 11 is 0. The number of carbonyl (C=O) groups is 1. The summed E-state index contributed by atoms with van der Waals surface area (Å²) in [4.78, 5) is 17.0. The normalized spacial score (nSPS) is 23.1. The summed E-state index contributed by atoms with van der Waals surface area (Å²) in [7, 11) is 0. The summed E-state index contributed by atoms with van der Waals surface area (Å²) in [5.74, 6) is 2.09. The maximum Gasteiger partial charge on any atom is 0.241 e. The summed E-state index contributed by atoms with van der Waals surface area (Å²) in [6, 6.07) is 12.3. The molecule has 2 aliphatic rings. The topological polar surface area (TPSA) is 67.2 Å². The van der Waals surface area contributed by atoms with Gasteiger partial charge in [-0.05, 0) is 44.0 Å². The van der Waals surface area contributed by atoms with Crippen LogP contribution in [0.25, 0.3) is 11.0 Å². The number of fused-ring (bicyclic) bond motifs is 1. The quantitative estimate of drug-likeness (QED) is 0.664. The predicted octanol–water partition coefficient (Wildman–Crippen LogP) is 2.38. The number of piperidine rings is 1. The van der Waals surface area contributed by atoms with Crippen molar-refractivity contribution in [3.05, 3.63) is 47.9 Å². The summed E-state index contributed by atoms with van der Waals surface area (Å²) in [6.07, 6.45) is 1.84. The van der Waals surface area contributed by atoms with Crippen LogP contribution < -0.4 is 0 Å². The molecular formula is C20H23N5O2. The molecule has 2 atom stereocenters. The van der Waals surface area contributed by atoms with Crippen LogP contribution >= 0.6 is 0 Å². The number of amides is 1. The van der Waals surface area contributed by atoms with Crippen molar-refractivity contribution in [3.8, 4) is 0 Å².